The number of amides is 3. The van der Waals surface area contributed by atoms with E-state index >= 15 is 0 Å². The minimum Gasteiger partial charge on any atom is -0.355 e. The molecular formula is C10H16N2O3. The molecule has 0 radical (unpaired) electrons. The lowest BCUT2D eigenvalue weighted by atomic mass is 10.5. The number of imide groups is 1. The highest BCUT2D eigenvalue weighted by atomic mass is 16.2. The predicted octanol–water partition coefficient (Wildman–Crippen LogP) is 0.0737. The lowest BCUT2D eigenvalue weighted by Crippen LogP contribution is -2.37. The van der Waals surface area contributed by atoms with Gasteiger partial charge in [-0.25, -0.2) is 0 Å². The fourth-order valence-corrected chi connectivity index (χ4v) is 0.995. The van der Waals surface area contributed by atoms with Crippen LogP contribution in [0.15, 0.2) is 12.2 Å². The Hall–Kier alpha value is -1.65. The van der Waals surface area contributed by atoms with Crippen LogP contribution in [0, 0.1) is 0 Å². The van der Waals surface area contributed by atoms with Crippen molar-refractivity contribution in [3.63, 3.8) is 0 Å². The van der Waals surface area contributed by atoms with Gasteiger partial charge < -0.3 is 5.32 Å². The van der Waals surface area contributed by atoms with Crippen LogP contribution in [-0.4, -0.2) is 35.7 Å². The number of nitrogens with one attached hydrogen (secondary N) is 1. The van der Waals surface area contributed by atoms with Crippen LogP contribution in [0.5, 0.6) is 0 Å². The number of carbonyl (C=O) groups is 3. The maximum Gasteiger partial charge on any atom is 0.253 e. The van der Waals surface area contributed by atoms with Gasteiger partial charge in [-0.15, -0.1) is 0 Å². The summed E-state index contributed by atoms with van der Waals surface area (Å²) in [6, 6.07) is 0. The Labute approximate surface area is 89.1 Å². The fourth-order valence-electron chi connectivity index (χ4n) is 0.995. The molecule has 0 saturated heterocycles. The van der Waals surface area contributed by atoms with Crippen LogP contribution < -0.4 is 5.32 Å². The summed E-state index contributed by atoms with van der Waals surface area (Å²) in [7, 11) is 0. The molecule has 15 heavy (non-hydrogen) atoms. The molecule has 1 rings (SSSR count). The van der Waals surface area contributed by atoms with Crippen molar-refractivity contribution in [3.8, 4) is 0 Å². The molecule has 5 heteroatoms. The molecule has 0 atom stereocenters. The highest BCUT2D eigenvalue weighted by Gasteiger charge is 2.22. The van der Waals surface area contributed by atoms with E-state index in [1.807, 2.05) is 13.8 Å². The summed E-state index contributed by atoms with van der Waals surface area (Å²) in [5.41, 5.74) is 0. The van der Waals surface area contributed by atoms with Gasteiger partial charge in [0.15, 0.2) is 0 Å². The van der Waals surface area contributed by atoms with Gasteiger partial charge in [0.25, 0.3) is 11.8 Å². The summed E-state index contributed by atoms with van der Waals surface area (Å²) >= 11 is 0. The Morgan fingerprint density at radius 3 is 2.13 bits per heavy atom. The molecule has 0 aromatic carbocycles. The molecule has 1 N–H and O–H groups in total. The van der Waals surface area contributed by atoms with Gasteiger partial charge >= 0.3 is 0 Å². The van der Waals surface area contributed by atoms with E-state index in [-0.39, 0.29) is 24.3 Å². The van der Waals surface area contributed by atoms with Crippen LogP contribution in [0.2, 0.25) is 0 Å². The van der Waals surface area contributed by atoms with E-state index in [0.29, 0.717) is 6.54 Å². The molecule has 3 amide bonds. The standard InChI is InChI=1S/C8H10N2O3.C2H6/c1-6(11)9-4-5-10-7(12)2-3-8(10)13;1-2/h2-3H,4-5H2,1H3,(H,9,11);1-2H3. The van der Waals surface area contributed by atoms with Crippen LogP contribution in [0.25, 0.3) is 0 Å². The summed E-state index contributed by atoms with van der Waals surface area (Å²) in [6.07, 6.45) is 2.44. The van der Waals surface area contributed by atoms with Gasteiger partial charge in [0, 0.05) is 32.2 Å². The first-order chi connectivity index (χ1) is 7.11. The van der Waals surface area contributed by atoms with Gasteiger partial charge in [0.1, 0.15) is 0 Å². The average Bonchev–Trinajstić information content (AvgIpc) is 2.52. The molecule has 84 valence electrons. The Balaban J connectivity index is 0.000000921. The lowest BCUT2D eigenvalue weighted by Gasteiger charge is -2.13. The van der Waals surface area contributed by atoms with Crippen LogP contribution in [-0.2, 0) is 14.4 Å². The first-order valence-electron chi connectivity index (χ1n) is 4.89. The average molecular weight is 212 g/mol. The van der Waals surface area contributed by atoms with Crippen molar-refractivity contribution in [2.24, 2.45) is 0 Å². The van der Waals surface area contributed by atoms with E-state index in [1.165, 1.54) is 19.1 Å². The van der Waals surface area contributed by atoms with E-state index in [4.69, 9.17) is 0 Å². The molecular weight excluding hydrogens is 196 g/mol. The molecule has 0 aliphatic carbocycles. The quantitative estimate of drug-likeness (QED) is 0.673. The van der Waals surface area contributed by atoms with Gasteiger partial charge in [-0.1, -0.05) is 13.8 Å². The number of hydrogen-bond acceptors (Lipinski definition) is 3. The normalized spacial score (nSPS) is 13.7. The fraction of sp³-hybridized carbons (Fsp3) is 0.500. The molecule has 1 heterocycles. The SMILES string of the molecule is CC.CC(=O)NCCN1C(=O)C=CC1=O. The maximum atomic E-state index is 11.0. The topological polar surface area (TPSA) is 66.5 Å². The summed E-state index contributed by atoms with van der Waals surface area (Å²) in [4.78, 5) is 33.5. The summed E-state index contributed by atoms with van der Waals surface area (Å²) in [5.74, 6) is -0.822. The maximum absolute atomic E-state index is 11.0. The van der Waals surface area contributed by atoms with Crippen molar-refractivity contribution in [1.82, 2.24) is 10.2 Å². The molecule has 0 saturated carbocycles. The Kier molecular flexibility index (Phi) is 6.01. The third kappa shape index (κ3) is 4.39. The van der Waals surface area contributed by atoms with Crippen molar-refractivity contribution in [2.75, 3.05) is 13.1 Å². The first kappa shape index (κ1) is 13.4. The molecule has 5 nitrogen and oxygen atoms in total. The number of rotatable bonds is 3. The van der Waals surface area contributed by atoms with Gasteiger partial charge in [0.2, 0.25) is 5.91 Å². The third-order valence-electron chi connectivity index (χ3n) is 1.61. The predicted molar refractivity (Wildman–Crippen MR) is 55.9 cm³/mol. The number of hydrogen-bond donors (Lipinski definition) is 1. The Morgan fingerprint density at radius 2 is 1.73 bits per heavy atom. The minimum absolute atomic E-state index is 0.174. The molecule has 0 bridgehead atoms. The molecule has 1 aliphatic heterocycles. The smallest absolute Gasteiger partial charge is 0.253 e. The molecule has 0 unspecified atom stereocenters. The van der Waals surface area contributed by atoms with Crippen LogP contribution in [0.4, 0.5) is 0 Å². The van der Waals surface area contributed by atoms with E-state index in [9.17, 15) is 14.4 Å². The summed E-state index contributed by atoms with van der Waals surface area (Å²) < 4.78 is 0. The van der Waals surface area contributed by atoms with Gasteiger partial charge in [-0.3, -0.25) is 19.3 Å². The van der Waals surface area contributed by atoms with Crippen molar-refractivity contribution >= 4 is 17.7 Å². The lowest BCUT2D eigenvalue weighted by molar-refractivity contribution is -0.137. The van der Waals surface area contributed by atoms with Crippen molar-refractivity contribution in [1.29, 1.82) is 0 Å². The molecule has 0 aromatic rings. The summed E-state index contributed by atoms with van der Waals surface area (Å²) in [5, 5.41) is 2.50. The van der Waals surface area contributed by atoms with Crippen LogP contribution in [0.1, 0.15) is 20.8 Å². The van der Waals surface area contributed by atoms with Crippen molar-refractivity contribution < 1.29 is 14.4 Å². The molecule has 0 fully saturated rings. The second-order valence-electron chi connectivity index (χ2n) is 2.64. The van der Waals surface area contributed by atoms with Gasteiger partial charge in [0.05, 0.1) is 0 Å². The summed E-state index contributed by atoms with van der Waals surface area (Å²) in [6.45, 7) is 5.91. The zero-order chi connectivity index (χ0) is 11.8. The van der Waals surface area contributed by atoms with E-state index in [2.05, 4.69) is 5.32 Å². The molecule has 0 spiro atoms. The van der Waals surface area contributed by atoms with Crippen LogP contribution >= 0.6 is 0 Å². The molecule has 1 aliphatic rings. The van der Waals surface area contributed by atoms with E-state index in [1.54, 1.807) is 0 Å². The Morgan fingerprint density at radius 1 is 1.27 bits per heavy atom. The van der Waals surface area contributed by atoms with Gasteiger partial charge in [-0.2, -0.15) is 0 Å². The van der Waals surface area contributed by atoms with Crippen LogP contribution in [0.3, 0.4) is 0 Å². The van der Waals surface area contributed by atoms with Crippen molar-refractivity contribution in [2.45, 2.75) is 20.8 Å². The Bertz CT molecular complexity index is 266. The van der Waals surface area contributed by atoms with Gasteiger partial charge in [-0.05, 0) is 0 Å². The number of carbonyl (C=O) groups excluding carboxylic acids is 3. The van der Waals surface area contributed by atoms with E-state index < -0.39 is 0 Å². The monoisotopic (exact) mass is 212 g/mol. The van der Waals surface area contributed by atoms with Crippen molar-refractivity contribution in [3.05, 3.63) is 12.2 Å². The zero-order valence-electron chi connectivity index (χ0n) is 9.24. The highest BCUT2D eigenvalue weighted by Crippen LogP contribution is 2.01. The second-order valence-corrected chi connectivity index (χ2v) is 2.64. The first-order valence-corrected chi connectivity index (χ1v) is 4.89. The minimum atomic E-state index is -0.324. The zero-order valence-corrected chi connectivity index (χ0v) is 9.24. The van der Waals surface area contributed by atoms with E-state index in [0.717, 1.165) is 4.90 Å². The molecule has 0 aromatic heterocycles. The largest absolute Gasteiger partial charge is 0.355 e. The third-order valence-corrected chi connectivity index (χ3v) is 1.61. The number of nitrogens with zero attached hydrogens (tertiary/aromatic N) is 1. The second kappa shape index (κ2) is 6.75. The highest BCUT2D eigenvalue weighted by molar-refractivity contribution is 6.12.